The fourth-order valence-corrected chi connectivity index (χ4v) is 2.38. The largest absolute Gasteiger partial charge is 0.489 e. The summed E-state index contributed by atoms with van der Waals surface area (Å²) in [5.41, 5.74) is 0.146. The van der Waals surface area contributed by atoms with E-state index in [9.17, 15) is 0 Å². The van der Waals surface area contributed by atoms with E-state index in [-0.39, 0.29) is 17.6 Å². The first-order valence-corrected chi connectivity index (χ1v) is 6.32. The number of likely N-dealkylation sites (N-methyl/N-ethyl adjacent to an activating group) is 1. The molecule has 2 unspecified atom stereocenters. The number of nitrogens with one attached hydrogen (secondary N) is 1. The molecule has 1 aromatic rings. The Hall–Kier alpha value is -0.730. The van der Waals surface area contributed by atoms with Crippen molar-refractivity contribution in [1.82, 2.24) is 5.32 Å². The Morgan fingerprint density at radius 3 is 2.41 bits per heavy atom. The molecular weight excluding hydrogens is 234 g/mol. The van der Waals surface area contributed by atoms with Crippen LogP contribution >= 0.6 is 11.6 Å². The Morgan fingerprint density at radius 1 is 1.29 bits per heavy atom. The predicted molar refractivity (Wildman–Crippen MR) is 73.8 cm³/mol. The zero-order chi connectivity index (χ0) is 13.1. The Balaban J connectivity index is 2.74. The fourth-order valence-electron chi connectivity index (χ4n) is 2.19. The standard InChI is InChI=1S/C14H22ClNO/c1-10(13(16-5)14(2,3)4)17-12-8-6-7-11(15)9-12/h6-10,13,16H,1-5H3. The molecule has 0 bridgehead atoms. The number of halogens is 1. The predicted octanol–water partition coefficient (Wildman–Crippen LogP) is 3.74. The van der Waals surface area contributed by atoms with Crippen LogP contribution < -0.4 is 10.1 Å². The van der Waals surface area contributed by atoms with Gasteiger partial charge in [0.2, 0.25) is 0 Å². The van der Waals surface area contributed by atoms with Gasteiger partial charge in [0, 0.05) is 11.1 Å². The summed E-state index contributed by atoms with van der Waals surface area (Å²) < 4.78 is 5.93. The molecule has 1 aromatic carbocycles. The van der Waals surface area contributed by atoms with Gasteiger partial charge in [0.25, 0.3) is 0 Å². The Labute approximate surface area is 109 Å². The van der Waals surface area contributed by atoms with E-state index in [1.807, 2.05) is 31.3 Å². The van der Waals surface area contributed by atoms with Gasteiger partial charge >= 0.3 is 0 Å². The van der Waals surface area contributed by atoms with E-state index < -0.39 is 0 Å². The number of rotatable bonds is 4. The molecule has 1 rings (SSSR count). The first kappa shape index (κ1) is 14.3. The van der Waals surface area contributed by atoms with Crippen molar-refractivity contribution < 1.29 is 4.74 Å². The summed E-state index contributed by atoms with van der Waals surface area (Å²) >= 11 is 5.94. The molecule has 0 heterocycles. The first-order chi connectivity index (χ1) is 7.84. The smallest absolute Gasteiger partial charge is 0.121 e. The average molecular weight is 256 g/mol. The van der Waals surface area contributed by atoms with Crippen LogP contribution in [-0.4, -0.2) is 19.2 Å². The minimum Gasteiger partial charge on any atom is -0.489 e. The topological polar surface area (TPSA) is 21.3 Å². The maximum absolute atomic E-state index is 5.94. The highest BCUT2D eigenvalue weighted by atomic mass is 35.5. The molecule has 0 spiro atoms. The minimum absolute atomic E-state index is 0.0819. The number of hydrogen-bond acceptors (Lipinski definition) is 2. The second-order valence-corrected chi connectivity index (χ2v) is 5.85. The van der Waals surface area contributed by atoms with Crippen molar-refractivity contribution in [2.24, 2.45) is 5.41 Å². The van der Waals surface area contributed by atoms with Crippen LogP contribution in [0.2, 0.25) is 5.02 Å². The molecule has 1 N–H and O–H groups in total. The number of benzene rings is 1. The van der Waals surface area contributed by atoms with Gasteiger partial charge in [0.05, 0.1) is 0 Å². The lowest BCUT2D eigenvalue weighted by atomic mass is 9.84. The highest BCUT2D eigenvalue weighted by Crippen LogP contribution is 2.25. The molecule has 0 aliphatic carbocycles. The molecule has 3 heteroatoms. The molecule has 0 aliphatic heterocycles. The van der Waals surface area contributed by atoms with E-state index in [0.717, 1.165) is 5.75 Å². The van der Waals surface area contributed by atoms with Gasteiger partial charge in [-0.15, -0.1) is 0 Å². The lowest BCUT2D eigenvalue weighted by Gasteiger charge is -2.35. The molecule has 0 saturated carbocycles. The van der Waals surface area contributed by atoms with Crippen LogP contribution in [0.4, 0.5) is 0 Å². The summed E-state index contributed by atoms with van der Waals surface area (Å²) in [7, 11) is 1.97. The lowest BCUT2D eigenvalue weighted by Crippen LogP contribution is -2.48. The van der Waals surface area contributed by atoms with Gasteiger partial charge in [0.15, 0.2) is 0 Å². The van der Waals surface area contributed by atoms with E-state index in [0.29, 0.717) is 5.02 Å². The zero-order valence-electron chi connectivity index (χ0n) is 11.3. The Bertz CT molecular complexity index is 359. The maximum Gasteiger partial charge on any atom is 0.121 e. The maximum atomic E-state index is 5.94. The fraction of sp³-hybridized carbons (Fsp3) is 0.571. The molecule has 0 aliphatic rings. The summed E-state index contributed by atoms with van der Waals surface area (Å²) in [5, 5.41) is 4.02. The normalized spacial score (nSPS) is 15.4. The van der Waals surface area contributed by atoms with E-state index in [4.69, 9.17) is 16.3 Å². The van der Waals surface area contributed by atoms with Crippen molar-refractivity contribution in [2.45, 2.75) is 39.8 Å². The van der Waals surface area contributed by atoms with E-state index in [1.165, 1.54) is 0 Å². The summed E-state index contributed by atoms with van der Waals surface area (Å²) in [5.74, 6) is 0.814. The molecule has 0 fully saturated rings. The van der Waals surface area contributed by atoms with Crippen molar-refractivity contribution in [3.05, 3.63) is 29.3 Å². The van der Waals surface area contributed by atoms with Crippen molar-refractivity contribution in [3.8, 4) is 5.75 Å². The first-order valence-electron chi connectivity index (χ1n) is 5.94. The van der Waals surface area contributed by atoms with Gasteiger partial charge in [-0.25, -0.2) is 0 Å². The SMILES string of the molecule is CNC(C(C)Oc1cccc(Cl)c1)C(C)(C)C. The van der Waals surface area contributed by atoms with E-state index >= 15 is 0 Å². The Morgan fingerprint density at radius 2 is 1.94 bits per heavy atom. The lowest BCUT2D eigenvalue weighted by molar-refractivity contribution is 0.109. The van der Waals surface area contributed by atoms with Crippen molar-refractivity contribution in [3.63, 3.8) is 0 Å². The van der Waals surface area contributed by atoms with E-state index in [1.54, 1.807) is 0 Å². The molecule has 0 aromatic heterocycles. The minimum atomic E-state index is 0.0819. The number of ether oxygens (including phenoxy) is 1. The zero-order valence-corrected chi connectivity index (χ0v) is 12.0. The summed E-state index contributed by atoms with van der Waals surface area (Å²) in [6.07, 6.45) is 0.0819. The molecule has 96 valence electrons. The van der Waals surface area contributed by atoms with Crippen LogP contribution in [0.15, 0.2) is 24.3 Å². The summed E-state index contributed by atoms with van der Waals surface area (Å²) in [6, 6.07) is 7.79. The Kier molecular flexibility index (Phi) is 4.84. The van der Waals surface area contributed by atoms with Crippen molar-refractivity contribution >= 4 is 11.6 Å². The second kappa shape index (κ2) is 5.74. The highest BCUT2D eigenvalue weighted by molar-refractivity contribution is 6.30. The van der Waals surface area contributed by atoms with Gasteiger partial charge in [-0.1, -0.05) is 38.4 Å². The van der Waals surface area contributed by atoms with Crippen LogP contribution in [0.25, 0.3) is 0 Å². The highest BCUT2D eigenvalue weighted by Gasteiger charge is 2.29. The quantitative estimate of drug-likeness (QED) is 0.885. The third kappa shape index (κ3) is 4.21. The van der Waals surface area contributed by atoms with Gasteiger partial charge in [-0.3, -0.25) is 0 Å². The van der Waals surface area contributed by atoms with Crippen LogP contribution in [0, 0.1) is 5.41 Å². The van der Waals surface area contributed by atoms with Gasteiger partial charge < -0.3 is 10.1 Å². The van der Waals surface area contributed by atoms with Gasteiger partial charge in [-0.05, 0) is 37.6 Å². The molecule has 2 nitrogen and oxygen atoms in total. The van der Waals surface area contributed by atoms with Crippen molar-refractivity contribution in [2.75, 3.05) is 7.05 Å². The van der Waals surface area contributed by atoms with Crippen molar-refractivity contribution in [1.29, 1.82) is 0 Å². The monoisotopic (exact) mass is 255 g/mol. The van der Waals surface area contributed by atoms with Gasteiger partial charge in [0.1, 0.15) is 11.9 Å². The molecule has 17 heavy (non-hydrogen) atoms. The molecule has 2 atom stereocenters. The van der Waals surface area contributed by atoms with Crippen LogP contribution in [0.3, 0.4) is 0 Å². The van der Waals surface area contributed by atoms with E-state index in [2.05, 4.69) is 33.0 Å². The third-order valence-electron chi connectivity index (χ3n) is 2.83. The van der Waals surface area contributed by atoms with Crippen LogP contribution in [0.5, 0.6) is 5.75 Å². The summed E-state index contributed by atoms with van der Waals surface area (Å²) in [4.78, 5) is 0. The number of hydrogen-bond donors (Lipinski definition) is 1. The molecule has 0 amide bonds. The second-order valence-electron chi connectivity index (χ2n) is 5.41. The molecular formula is C14H22ClNO. The van der Waals surface area contributed by atoms with Crippen LogP contribution in [-0.2, 0) is 0 Å². The van der Waals surface area contributed by atoms with Crippen LogP contribution in [0.1, 0.15) is 27.7 Å². The average Bonchev–Trinajstić information content (AvgIpc) is 2.15. The molecule has 0 saturated heterocycles. The summed E-state index contributed by atoms with van der Waals surface area (Å²) in [6.45, 7) is 8.68. The van der Waals surface area contributed by atoms with Gasteiger partial charge in [-0.2, -0.15) is 0 Å². The third-order valence-corrected chi connectivity index (χ3v) is 3.07. The molecule has 0 radical (unpaired) electrons.